The summed E-state index contributed by atoms with van der Waals surface area (Å²) in [7, 11) is 1.27. The topological polar surface area (TPSA) is 120 Å². The lowest BCUT2D eigenvalue weighted by Crippen LogP contribution is -2.50. The molecule has 0 aliphatic heterocycles. The Balaban J connectivity index is 1.60. The number of nitrogens with one attached hydrogen (secondary N) is 2. The zero-order chi connectivity index (χ0) is 24.9. The van der Waals surface area contributed by atoms with Crippen molar-refractivity contribution in [3.05, 3.63) is 65.9 Å². The Labute approximate surface area is 192 Å². The average Bonchev–Trinajstić information content (AvgIpc) is 3.58. The molecule has 180 valence electrons. The van der Waals surface area contributed by atoms with E-state index in [1.807, 2.05) is 0 Å². The van der Waals surface area contributed by atoms with Crippen LogP contribution in [-0.2, 0) is 27.1 Å². The van der Waals surface area contributed by atoms with Crippen molar-refractivity contribution in [2.45, 2.75) is 31.1 Å². The lowest BCUT2D eigenvalue weighted by Gasteiger charge is -2.17. The van der Waals surface area contributed by atoms with Crippen molar-refractivity contribution in [3.8, 4) is 17.2 Å². The third-order valence-corrected chi connectivity index (χ3v) is 5.11. The van der Waals surface area contributed by atoms with Gasteiger partial charge in [-0.25, -0.2) is 0 Å². The number of amides is 2. The summed E-state index contributed by atoms with van der Waals surface area (Å²) in [5.41, 5.74) is 3.62. The summed E-state index contributed by atoms with van der Waals surface area (Å²) in [6.45, 7) is 0.101. The van der Waals surface area contributed by atoms with E-state index < -0.39 is 34.9 Å². The molecule has 4 N–H and O–H groups in total. The Hall–Kier alpha value is -4.02. The van der Waals surface area contributed by atoms with Crippen LogP contribution in [-0.4, -0.2) is 30.2 Å². The number of carbonyl (C=O) groups is 3. The van der Waals surface area contributed by atoms with Gasteiger partial charge in [0.2, 0.25) is 11.7 Å². The molecule has 2 amide bonds. The lowest BCUT2D eigenvalue weighted by atomic mass is 10.1. The fraction of sp³-hybridized carbons (Fsp3) is 0.261. The number of ether oxygens (including phenoxy) is 2. The van der Waals surface area contributed by atoms with Crippen LogP contribution in [0.1, 0.15) is 24.0 Å². The number of nitrogens with two attached hydrogens (primary N) is 1. The summed E-state index contributed by atoms with van der Waals surface area (Å²) in [5, 5.41) is 5.10. The van der Waals surface area contributed by atoms with Gasteiger partial charge in [0.05, 0.1) is 7.11 Å². The predicted molar refractivity (Wildman–Crippen MR) is 115 cm³/mol. The normalized spacial score (nSPS) is 14.4. The van der Waals surface area contributed by atoms with Crippen molar-refractivity contribution in [1.82, 2.24) is 10.6 Å². The van der Waals surface area contributed by atoms with Gasteiger partial charge in [-0.05, 0) is 54.9 Å². The van der Waals surface area contributed by atoms with Crippen molar-refractivity contribution in [2.75, 3.05) is 7.11 Å². The quantitative estimate of drug-likeness (QED) is 0.378. The molecular weight excluding hydrogens is 455 g/mol. The van der Waals surface area contributed by atoms with Crippen LogP contribution in [0, 0.1) is 0 Å². The average molecular weight is 477 g/mol. The Kier molecular flexibility index (Phi) is 7.14. The Morgan fingerprint density at radius 3 is 2.29 bits per heavy atom. The van der Waals surface area contributed by atoms with E-state index in [-0.39, 0.29) is 23.8 Å². The fourth-order valence-electron chi connectivity index (χ4n) is 3.08. The van der Waals surface area contributed by atoms with Crippen molar-refractivity contribution in [2.24, 2.45) is 5.73 Å². The van der Waals surface area contributed by atoms with Crippen LogP contribution < -0.4 is 25.8 Å². The standard InChI is InChI=1S/C23H22F3N3O5/c1-33-16-6-7-19(17(12-16)23(24,25)26)34-15-4-2-14(3-5-15)13-28-21(32)22(9-10-22)29-20(31)18(30)8-11-27/h2-8,11-12H,9-10,13,27H2,1H3,(H,28,32)(H,29,31). The molecule has 2 aromatic carbocycles. The number of hydrogen-bond donors (Lipinski definition) is 3. The molecule has 0 saturated heterocycles. The smallest absolute Gasteiger partial charge is 0.420 e. The van der Waals surface area contributed by atoms with Gasteiger partial charge >= 0.3 is 6.18 Å². The molecule has 1 aliphatic carbocycles. The Bertz CT molecular complexity index is 1110. The van der Waals surface area contributed by atoms with Gasteiger partial charge < -0.3 is 25.8 Å². The van der Waals surface area contributed by atoms with E-state index in [2.05, 4.69) is 10.6 Å². The number of halogens is 3. The van der Waals surface area contributed by atoms with Gasteiger partial charge in [0.25, 0.3) is 5.91 Å². The maximum atomic E-state index is 13.3. The van der Waals surface area contributed by atoms with E-state index in [0.717, 1.165) is 18.3 Å². The van der Waals surface area contributed by atoms with Crippen LogP contribution in [0.2, 0.25) is 0 Å². The molecule has 0 aromatic heterocycles. The monoisotopic (exact) mass is 477 g/mol. The molecule has 2 aromatic rings. The first kappa shape index (κ1) is 24.6. The molecule has 0 atom stereocenters. The van der Waals surface area contributed by atoms with E-state index >= 15 is 0 Å². The second-order valence-electron chi connectivity index (χ2n) is 7.55. The SMILES string of the molecule is COc1ccc(Oc2ccc(CNC(=O)C3(NC(=O)C(=O)C=CN)CC3)cc2)c(C(F)(F)F)c1. The molecule has 0 heterocycles. The van der Waals surface area contributed by atoms with E-state index in [9.17, 15) is 27.6 Å². The van der Waals surface area contributed by atoms with Crippen LogP contribution in [0.15, 0.2) is 54.7 Å². The van der Waals surface area contributed by atoms with Gasteiger partial charge in [-0.15, -0.1) is 0 Å². The van der Waals surface area contributed by atoms with Crippen LogP contribution in [0.3, 0.4) is 0 Å². The van der Waals surface area contributed by atoms with Gasteiger partial charge in [-0.1, -0.05) is 12.1 Å². The number of methoxy groups -OCH3 is 1. The molecule has 11 heteroatoms. The van der Waals surface area contributed by atoms with E-state index in [1.165, 1.54) is 31.4 Å². The number of ketones is 1. The van der Waals surface area contributed by atoms with Crippen molar-refractivity contribution in [3.63, 3.8) is 0 Å². The number of carbonyl (C=O) groups excluding carboxylic acids is 3. The van der Waals surface area contributed by atoms with Crippen molar-refractivity contribution >= 4 is 17.6 Å². The first-order valence-electron chi connectivity index (χ1n) is 10.1. The molecule has 8 nitrogen and oxygen atoms in total. The summed E-state index contributed by atoms with van der Waals surface area (Å²) in [5.74, 6) is -2.38. The molecule has 1 fully saturated rings. The van der Waals surface area contributed by atoms with E-state index in [4.69, 9.17) is 15.2 Å². The number of benzene rings is 2. The van der Waals surface area contributed by atoms with Crippen LogP contribution in [0.25, 0.3) is 0 Å². The molecule has 1 saturated carbocycles. The lowest BCUT2D eigenvalue weighted by molar-refractivity contribution is -0.138. The number of hydrogen-bond acceptors (Lipinski definition) is 6. The van der Waals surface area contributed by atoms with Gasteiger partial charge in [-0.3, -0.25) is 14.4 Å². The highest BCUT2D eigenvalue weighted by Crippen LogP contribution is 2.40. The Morgan fingerprint density at radius 2 is 1.74 bits per heavy atom. The molecule has 34 heavy (non-hydrogen) atoms. The number of rotatable bonds is 9. The maximum absolute atomic E-state index is 13.3. The summed E-state index contributed by atoms with van der Waals surface area (Å²) in [4.78, 5) is 35.9. The summed E-state index contributed by atoms with van der Waals surface area (Å²) in [6.07, 6.45) is -2.02. The molecule has 0 unspecified atom stereocenters. The van der Waals surface area contributed by atoms with Crippen LogP contribution in [0.5, 0.6) is 17.2 Å². The third-order valence-electron chi connectivity index (χ3n) is 5.11. The second kappa shape index (κ2) is 9.86. The van der Waals surface area contributed by atoms with Gasteiger partial charge in [0.1, 0.15) is 28.4 Å². The third kappa shape index (κ3) is 5.85. The van der Waals surface area contributed by atoms with Gasteiger partial charge in [0.15, 0.2) is 0 Å². The minimum atomic E-state index is -4.63. The maximum Gasteiger partial charge on any atom is 0.420 e. The van der Waals surface area contributed by atoms with Crippen LogP contribution >= 0.6 is 0 Å². The van der Waals surface area contributed by atoms with E-state index in [1.54, 1.807) is 12.1 Å². The van der Waals surface area contributed by atoms with Crippen LogP contribution in [0.4, 0.5) is 13.2 Å². The largest absolute Gasteiger partial charge is 0.497 e. The minimum absolute atomic E-state index is 0.0515. The molecule has 3 rings (SSSR count). The number of alkyl halides is 3. The summed E-state index contributed by atoms with van der Waals surface area (Å²) in [6, 6.07) is 9.50. The zero-order valence-corrected chi connectivity index (χ0v) is 18.1. The molecular formula is C23H22F3N3O5. The van der Waals surface area contributed by atoms with Gasteiger partial charge in [-0.2, -0.15) is 13.2 Å². The van der Waals surface area contributed by atoms with E-state index in [0.29, 0.717) is 18.4 Å². The summed E-state index contributed by atoms with van der Waals surface area (Å²) < 4.78 is 50.3. The predicted octanol–water partition coefficient (Wildman–Crippen LogP) is 2.81. The highest BCUT2D eigenvalue weighted by molar-refractivity contribution is 6.41. The zero-order valence-electron chi connectivity index (χ0n) is 18.1. The van der Waals surface area contributed by atoms with Gasteiger partial charge in [0, 0.05) is 12.6 Å². The highest BCUT2D eigenvalue weighted by atomic mass is 19.4. The Morgan fingerprint density at radius 1 is 1.09 bits per heavy atom. The minimum Gasteiger partial charge on any atom is -0.497 e. The highest BCUT2D eigenvalue weighted by Gasteiger charge is 2.51. The summed E-state index contributed by atoms with van der Waals surface area (Å²) >= 11 is 0. The second-order valence-corrected chi connectivity index (χ2v) is 7.55. The first-order valence-corrected chi connectivity index (χ1v) is 10.1. The van der Waals surface area contributed by atoms with Crippen molar-refractivity contribution in [1.29, 1.82) is 0 Å². The molecule has 0 spiro atoms. The van der Waals surface area contributed by atoms with Crippen molar-refractivity contribution < 1.29 is 37.0 Å². The first-order chi connectivity index (χ1) is 16.1. The fourth-order valence-corrected chi connectivity index (χ4v) is 3.08. The molecule has 0 radical (unpaired) electrons. The molecule has 0 bridgehead atoms. The molecule has 1 aliphatic rings.